The van der Waals surface area contributed by atoms with Gasteiger partial charge in [0.2, 0.25) is 5.13 Å². The van der Waals surface area contributed by atoms with Crippen molar-refractivity contribution in [3.8, 4) is 17.2 Å². The standard InChI is InChI=1S/C36H30FN3O6S2/c1-21-9-11-23(12-10-21)20-47-36-39-38-35(48-36)40-31(24-13-16-28(29(18-24)45-3)46-19-22-7-5-4-6-8-22)30(33(42)34(40)43)32(41)25-14-15-27(44-2)26(37)17-25/h4-18,31,41H,19-20H2,1-3H3/t31-/m1/s1. The highest BCUT2D eigenvalue weighted by Gasteiger charge is 2.48. The van der Waals surface area contributed by atoms with E-state index in [9.17, 15) is 19.1 Å². The summed E-state index contributed by atoms with van der Waals surface area (Å²) >= 11 is 2.60. The summed E-state index contributed by atoms with van der Waals surface area (Å²) in [5, 5.41) is 20.2. The van der Waals surface area contributed by atoms with E-state index in [1.165, 1.54) is 43.0 Å². The molecular formula is C36H30FN3O6S2. The molecule has 1 aromatic heterocycles. The van der Waals surface area contributed by atoms with Crippen molar-refractivity contribution in [2.24, 2.45) is 0 Å². The Labute approximate surface area is 284 Å². The van der Waals surface area contributed by atoms with Gasteiger partial charge in [0.15, 0.2) is 27.4 Å². The summed E-state index contributed by atoms with van der Waals surface area (Å²) in [6, 6.07) is 25.4. The van der Waals surface area contributed by atoms with Crippen molar-refractivity contribution < 1.29 is 33.3 Å². The number of rotatable bonds is 11. The Morgan fingerprint density at radius 3 is 2.33 bits per heavy atom. The fraction of sp³-hybridized carbons (Fsp3) is 0.167. The van der Waals surface area contributed by atoms with Crippen LogP contribution in [-0.4, -0.2) is 41.2 Å². The molecule has 1 amide bonds. The van der Waals surface area contributed by atoms with Gasteiger partial charge in [-0.2, -0.15) is 0 Å². The van der Waals surface area contributed by atoms with Crippen molar-refractivity contribution in [3.05, 3.63) is 130 Å². The van der Waals surface area contributed by atoms with Gasteiger partial charge in [-0.1, -0.05) is 89.3 Å². The van der Waals surface area contributed by atoms with Crippen LogP contribution in [0, 0.1) is 12.7 Å². The zero-order chi connectivity index (χ0) is 33.8. The molecule has 0 radical (unpaired) electrons. The number of ketones is 1. The van der Waals surface area contributed by atoms with Crippen molar-refractivity contribution in [2.75, 3.05) is 19.1 Å². The molecule has 1 aliphatic rings. The number of hydrogen-bond donors (Lipinski definition) is 1. The van der Waals surface area contributed by atoms with Crippen molar-refractivity contribution in [1.82, 2.24) is 10.2 Å². The molecule has 2 heterocycles. The number of aliphatic hydroxyl groups is 1. The molecule has 1 saturated heterocycles. The number of carbonyl (C=O) groups is 2. The topological polar surface area (TPSA) is 111 Å². The van der Waals surface area contributed by atoms with E-state index in [1.54, 1.807) is 18.2 Å². The number of Topliss-reactive ketones (excluding diaryl/α,β-unsaturated/α-hetero) is 1. The zero-order valence-corrected chi connectivity index (χ0v) is 27.8. The normalized spacial score (nSPS) is 15.5. The molecule has 1 N–H and O–H groups in total. The predicted molar refractivity (Wildman–Crippen MR) is 182 cm³/mol. The molecule has 0 bridgehead atoms. The minimum absolute atomic E-state index is 0.00214. The van der Waals surface area contributed by atoms with E-state index in [4.69, 9.17) is 14.2 Å². The number of aromatic nitrogens is 2. The SMILES string of the molecule is COc1ccc(C(O)=C2C(=O)C(=O)N(c3nnc(SCc4ccc(C)cc4)s3)[C@@H]2c2ccc(OCc3ccccc3)c(OC)c2)cc1F. The van der Waals surface area contributed by atoms with Gasteiger partial charge in [0, 0.05) is 11.3 Å². The predicted octanol–water partition coefficient (Wildman–Crippen LogP) is 7.50. The van der Waals surface area contributed by atoms with E-state index in [-0.39, 0.29) is 28.6 Å². The molecule has 1 fully saturated rings. The lowest BCUT2D eigenvalue weighted by Crippen LogP contribution is -2.29. The highest BCUT2D eigenvalue weighted by Crippen LogP contribution is 2.46. The second-order valence-electron chi connectivity index (χ2n) is 10.8. The lowest BCUT2D eigenvalue weighted by Gasteiger charge is -2.23. The maximum Gasteiger partial charge on any atom is 0.301 e. The number of aryl methyl sites for hydroxylation is 1. The zero-order valence-electron chi connectivity index (χ0n) is 26.2. The Hall–Kier alpha value is -5.20. The van der Waals surface area contributed by atoms with Crippen LogP contribution in [0.2, 0.25) is 0 Å². The van der Waals surface area contributed by atoms with Gasteiger partial charge < -0.3 is 19.3 Å². The lowest BCUT2D eigenvalue weighted by atomic mass is 9.95. The highest BCUT2D eigenvalue weighted by atomic mass is 32.2. The van der Waals surface area contributed by atoms with E-state index >= 15 is 0 Å². The third-order valence-electron chi connectivity index (χ3n) is 7.70. The average Bonchev–Trinajstić information content (AvgIpc) is 3.68. The van der Waals surface area contributed by atoms with E-state index in [1.807, 2.05) is 61.5 Å². The molecule has 6 rings (SSSR count). The summed E-state index contributed by atoms with van der Waals surface area (Å²) in [6.45, 7) is 2.30. The number of ether oxygens (including phenoxy) is 3. The van der Waals surface area contributed by atoms with E-state index < -0.39 is 29.3 Å². The van der Waals surface area contributed by atoms with Gasteiger partial charge in [0.25, 0.3) is 5.78 Å². The summed E-state index contributed by atoms with van der Waals surface area (Å²) in [4.78, 5) is 28.6. The second kappa shape index (κ2) is 14.3. The van der Waals surface area contributed by atoms with Crippen LogP contribution in [0.5, 0.6) is 17.2 Å². The summed E-state index contributed by atoms with van der Waals surface area (Å²) in [6.07, 6.45) is 0. The molecule has 5 aromatic rings. The number of methoxy groups -OCH3 is 2. The molecule has 244 valence electrons. The van der Waals surface area contributed by atoms with E-state index in [0.717, 1.165) is 34.1 Å². The number of hydrogen-bond acceptors (Lipinski definition) is 10. The monoisotopic (exact) mass is 683 g/mol. The maximum atomic E-state index is 14.7. The van der Waals surface area contributed by atoms with Gasteiger partial charge in [-0.25, -0.2) is 4.39 Å². The molecule has 0 unspecified atom stereocenters. The minimum Gasteiger partial charge on any atom is -0.507 e. The van der Waals surface area contributed by atoms with Crippen LogP contribution in [0.15, 0.2) is 101 Å². The minimum atomic E-state index is -1.14. The van der Waals surface area contributed by atoms with Gasteiger partial charge in [0.05, 0.1) is 25.8 Å². The number of nitrogens with zero attached hydrogens (tertiary/aromatic N) is 3. The van der Waals surface area contributed by atoms with Gasteiger partial charge in [-0.3, -0.25) is 14.5 Å². The highest BCUT2D eigenvalue weighted by molar-refractivity contribution is 8.00. The number of aliphatic hydroxyl groups excluding tert-OH is 1. The first-order valence-corrected chi connectivity index (χ1v) is 16.6. The maximum absolute atomic E-state index is 14.7. The first-order chi connectivity index (χ1) is 23.3. The van der Waals surface area contributed by atoms with Crippen LogP contribution in [-0.2, 0) is 21.9 Å². The van der Waals surface area contributed by atoms with Crippen molar-refractivity contribution >= 4 is 45.7 Å². The van der Waals surface area contributed by atoms with Crippen LogP contribution < -0.4 is 19.1 Å². The third kappa shape index (κ3) is 6.76. The summed E-state index contributed by atoms with van der Waals surface area (Å²) in [7, 11) is 2.80. The van der Waals surface area contributed by atoms with Crippen LogP contribution in [0.4, 0.5) is 9.52 Å². The largest absolute Gasteiger partial charge is 0.507 e. The van der Waals surface area contributed by atoms with Gasteiger partial charge in [-0.05, 0) is 53.9 Å². The summed E-state index contributed by atoms with van der Waals surface area (Å²) in [5.74, 6) is -1.80. The van der Waals surface area contributed by atoms with Gasteiger partial charge >= 0.3 is 5.91 Å². The number of thioether (sulfide) groups is 1. The number of benzene rings is 4. The Kier molecular flexibility index (Phi) is 9.74. The molecule has 48 heavy (non-hydrogen) atoms. The average molecular weight is 684 g/mol. The third-order valence-corrected chi connectivity index (χ3v) is 9.82. The van der Waals surface area contributed by atoms with Crippen LogP contribution in [0.1, 0.15) is 33.9 Å². The molecular weight excluding hydrogens is 654 g/mol. The van der Waals surface area contributed by atoms with Crippen LogP contribution in [0.3, 0.4) is 0 Å². The van der Waals surface area contributed by atoms with E-state index in [2.05, 4.69) is 10.2 Å². The fourth-order valence-corrected chi connectivity index (χ4v) is 7.03. The first kappa shape index (κ1) is 32.7. The lowest BCUT2D eigenvalue weighted by molar-refractivity contribution is -0.132. The second-order valence-corrected chi connectivity index (χ2v) is 13.0. The Balaban J connectivity index is 1.39. The number of anilines is 1. The van der Waals surface area contributed by atoms with Crippen molar-refractivity contribution in [2.45, 2.75) is 29.7 Å². The number of halogens is 1. The summed E-state index contributed by atoms with van der Waals surface area (Å²) in [5.41, 5.74) is 3.39. The molecule has 1 atom stereocenters. The van der Waals surface area contributed by atoms with E-state index in [0.29, 0.717) is 27.2 Å². The van der Waals surface area contributed by atoms with Crippen LogP contribution in [0.25, 0.3) is 5.76 Å². The molecule has 0 saturated carbocycles. The number of amides is 1. The smallest absolute Gasteiger partial charge is 0.301 e. The van der Waals surface area contributed by atoms with Gasteiger partial charge in [-0.15, -0.1) is 10.2 Å². The fourth-order valence-electron chi connectivity index (χ4n) is 5.21. The quantitative estimate of drug-likeness (QED) is 0.0498. The summed E-state index contributed by atoms with van der Waals surface area (Å²) < 4.78 is 32.0. The molecule has 12 heteroatoms. The molecule has 1 aliphatic heterocycles. The first-order valence-electron chi connectivity index (χ1n) is 14.8. The van der Waals surface area contributed by atoms with Crippen LogP contribution >= 0.6 is 23.1 Å². The Morgan fingerprint density at radius 2 is 1.62 bits per heavy atom. The van der Waals surface area contributed by atoms with Crippen molar-refractivity contribution in [3.63, 3.8) is 0 Å². The molecule has 4 aromatic carbocycles. The molecule has 9 nitrogen and oxygen atoms in total. The molecule has 0 spiro atoms. The number of carbonyl (C=O) groups excluding carboxylic acids is 2. The van der Waals surface area contributed by atoms with Gasteiger partial charge in [0.1, 0.15) is 12.4 Å². The van der Waals surface area contributed by atoms with Crippen molar-refractivity contribution in [1.29, 1.82) is 0 Å². The molecule has 0 aliphatic carbocycles. The Morgan fingerprint density at radius 1 is 0.896 bits per heavy atom. The Bertz CT molecular complexity index is 2000.